The highest BCUT2D eigenvalue weighted by molar-refractivity contribution is 7.93. The van der Waals surface area contributed by atoms with E-state index in [1.54, 1.807) is 28.5 Å². The highest BCUT2D eigenvalue weighted by atomic mass is 32.2. The molecule has 0 bridgehead atoms. The topological polar surface area (TPSA) is 88.6 Å². The van der Waals surface area contributed by atoms with Crippen molar-refractivity contribution in [1.82, 2.24) is 9.88 Å². The van der Waals surface area contributed by atoms with Gasteiger partial charge in [0.2, 0.25) is 0 Å². The summed E-state index contributed by atoms with van der Waals surface area (Å²) >= 11 is 1.09. The lowest BCUT2D eigenvalue weighted by atomic mass is 10.1. The number of rotatable bonds is 6. The van der Waals surface area contributed by atoms with Crippen molar-refractivity contribution in [3.63, 3.8) is 0 Å². The Morgan fingerprint density at radius 1 is 1.16 bits per heavy atom. The quantitative estimate of drug-likeness (QED) is 0.606. The molecule has 1 unspecified atom stereocenters. The van der Waals surface area contributed by atoms with Gasteiger partial charge in [0.05, 0.1) is 11.4 Å². The number of amides is 1. The number of aromatic nitrogens is 1. The fourth-order valence-electron chi connectivity index (χ4n) is 3.38. The Labute approximate surface area is 185 Å². The van der Waals surface area contributed by atoms with Crippen molar-refractivity contribution in [1.29, 1.82) is 0 Å². The summed E-state index contributed by atoms with van der Waals surface area (Å²) in [5.41, 5.74) is 1.39. The Morgan fingerprint density at radius 3 is 2.65 bits per heavy atom. The zero-order chi connectivity index (χ0) is 21.8. The van der Waals surface area contributed by atoms with Crippen LogP contribution >= 0.6 is 11.3 Å². The summed E-state index contributed by atoms with van der Waals surface area (Å²) in [5, 5.41) is 1.74. The van der Waals surface area contributed by atoms with Gasteiger partial charge in [-0.05, 0) is 44.0 Å². The van der Waals surface area contributed by atoms with Crippen LogP contribution < -0.4 is 9.46 Å². The molecule has 0 saturated carbocycles. The van der Waals surface area contributed by atoms with Gasteiger partial charge in [-0.2, -0.15) is 0 Å². The van der Waals surface area contributed by atoms with Crippen molar-refractivity contribution < 1.29 is 17.9 Å². The molecule has 1 aliphatic rings. The molecule has 31 heavy (non-hydrogen) atoms. The third kappa shape index (κ3) is 5.23. The molecule has 4 rings (SSSR count). The van der Waals surface area contributed by atoms with E-state index in [1.807, 2.05) is 31.2 Å². The number of carbonyl (C=O) groups excluding carboxylic acids is 1. The zero-order valence-electron chi connectivity index (χ0n) is 17.0. The molecule has 1 aliphatic heterocycles. The van der Waals surface area contributed by atoms with Crippen LogP contribution in [0.3, 0.4) is 0 Å². The number of thiazole rings is 1. The molecule has 1 atom stereocenters. The second-order valence-electron chi connectivity index (χ2n) is 7.40. The summed E-state index contributed by atoms with van der Waals surface area (Å²) in [6.45, 7) is 3.11. The van der Waals surface area contributed by atoms with Gasteiger partial charge >= 0.3 is 0 Å². The third-order valence-corrected chi connectivity index (χ3v) is 7.23. The number of likely N-dealkylation sites (tertiary alicyclic amines) is 1. The molecule has 2 aromatic carbocycles. The van der Waals surface area contributed by atoms with Gasteiger partial charge < -0.3 is 9.64 Å². The molecular formula is C22H23N3O4S2. The van der Waals surface area contributed by atoms with Crippen LogP contribution in [0, 0.1) is 6.92 Å². The van der Waals surface area contributed by atoms with E-state index in [-0.39, 0.29) is 27.7 Å². The van der Waals surface area contributed by atoms with Crippen LogP contribution in [0.25, 0.3) is 0 Å². The minimum Gasteiger partial charge on any atom is -0.489 e. The van der Waals surface area contributed by atoms with Crippen LogP contribution in [0.15, 0.2) is 64.9 Å². The second kappa shape index (κ2) is 9.07. The lowest BCUT2D eigenvalue weighted by Crippen LogP contribution is -2.44. The van der Waals surface area contributed by atoms with Crippen molar-refractivity contribution in [3.8, 4) is 5.75 Å². The van der Waals surface area contributed by atoms with Gasteiger partial charge in [-0.3, -0.25) is 9.52 Å². The van der Waals surface area contributed by atoms with E-state index in [9.17, 15) is 13.2 Å². The van der Waals surface area contributed by atoms with E-state index >= 15 is 0 Å². The number of sulfonamides is 1. The van der Waals surface area contributed by atoms with Crippen molar-refractivity contribution in [3.05, 3.63) is 71.2 Å². The summed E-state index contributed by atoms with van der Waals surface area (Å²) in [6.07, 6.45) is 1.62. The molecule has 1 saturated heterocycles. The van der Waals surface area contributed by atoms with Gasteiger partial charge in [0.15, 0.2) is 5.13 Å². The summed E-state index contributed by atoms with van der Waals surface area (Å²) in [4.78, 5) is 19.0. The van der Waals surface area contributed by atoms with Gasteiger partial charge in [-0.25, -0.2) is 13.4 Å². The third-order valence-electron chi connectivity index (χ3n) is 4.99. The standard InChI is InChI=1S/C22H23N3O4S2/c1-16-9-11-17(12-10-16)29-18-6-5-13-25(14-18)21(26)20-15-30-22(23-20)24-31(27,28)19-7-3-2-4-8-19/h2-4,7-12,15,18H,5-6,13-14H2,1H3,(H,23,24). The molecule has 1 fully saturated rings. The largest absolute Gasteiger partial charge is 0.489 e. The lowest BCUT2D eigenvalue weighted by Gasteiger charge is -2.32. The minimum atomic E-state index is -3.74. The Hall–Kier alpha value is -2.91. The Morgan fingerprint density at radius 2 is 1.90 bits per heavy atom. The first-order valence-electron chi connectivity index (χ1n) is 9.97. The van der Waals surface area contributed by atoms with Gasteiger partial charge in [-0.1, -0.05) is 35.9 Å². The highest BCUT2D eigenvalue weighted by Gasteiger charge is 2.27. The maximum atomic E-state index is 12.9. The molecule has 0 spiro atoms. The molecule has 3 aromatic rings. The molecule has 162 valence electrons. The summed E-state index contributed by atoms with van der Waals surface area (Å²) in [5.74, 6) is 0.565. The molecule has 1 N–H and O–H groups in total. The molecule has 0 radical (unpaired) electrons. The Kier molecular flexibility index (Phi) is 6.24. The van der Waals surface area contributed by atoms with E-state index in [0.29, 0.717) is 13.1 Å². The van der Waals surface area contributed by atoms with E-state index < -0.39 is 10.0 Å². The van der Waals surface area contributed by atoms with Gasteiger partial charge in [0, 0.05) is 11.9 Å². The van der Waals surface area contributed by atoms with Crippen molar-refractivity contribution >= 4 is 32.4 Å². The number of aryl methyl sites for hydroxylation is 1. The van der Waals surface area contributed by atoms with Crippen LogP contribution in [0.4, 0.5) is 5.13 Å². The zero-order valence-corrected chi connectivity index (χ0v) is 18.7. The van der Waals surface area contributed by atoms with Gasteiger partial charge in [-0.15, -0.1) is 11.3 Å². The summed E-state index contributed by atoms with van der Waals surface area (Å²) < 4.78 is 33.4. The second-order valence-corrected chi connectivity index (χ2v) is 9.94. The SMILES string of the molecule is Cc1ccc(OC2CCCN(C(=O)c3csc(NS(=O)(=O)c4ccccc4)n3)C2)cc1. The number of nitrogens with zero attached hydrogens (tertiary/aromatic N) is 2. The number of hydrogen-bond acceptors (Lipinski definition) is 6. The average molecular weight is 458 g/mol. The Bertz CT molecular complexity index is 1150. The molecule has 9 heteroatoms. The fourth-order valence-corrected chi connectivity index (χ4v) is 5.34. The molecule has 1 amide bonds. The van der Waals surface area contributed by atoms with Crippen molar-refractivity contribution in [2.24, 2.45) is 0 Å². The maximum absolute atomic E-state index is 12.9. The molecule has 0 aliphatic carbocycles. The van der Waals surface area contributed by atoms with Crippen LogP contribution in [-0.4, -0.2) is 43.4 Å². The lowest BCUT2D eigenvalue weighted by molar-refractivity contribution is 0.0533. The molecule has 7 nitrogen and oxygen atoms in total. The predicted molar refractivity (Wildman–Crippen MR) is 120 cm³/mol. The van der Waals surface area contributed by atoms with Gasteiger partial charge in [0.25, 0.3) is 15.9 Å². The number of nitrogens with one attached hydrogen (secondary N) is 1. The maximum Gasteiger partial charge on any atom is 0.273 e. The van der Waals surface area contributed by atoms with E-state index in [0.717, 1.165) is 35.5 Å². The summed E-state index contributed by atoms with van der Waals surface area (Å²) in [6, 6.07) is 15.9. The molecular weight excluding hydrogens is 434 g/mol. The number of benzene rings is 2. The average Bonchev–Trinajstić information content (AvgIpc) is 3.23. The minimum absolute atomic E-state index is 0.0879. The van der Waals surface area contributed by atoms with Crippen LogP contribution in [0.2, 0.25) is 0 Å². The Balaban J connectivity index is 1.40. The van der Waals surface area contributed by atoms with Crippen LogP contribution in [0.5, 0.6) is 5.75 Å². The van der Waals surface area contributed by atoms with Gasteiger partial charge in [0.1, 0.15) is 17.5 Å². The summed E-state index contributed by atoms with van der Waals surface area (Å²) in [7, 11) is -3.74. The smallest absolute Gasteiger partial charge is 0.273 e. The van der Waals surface area contributed by atoms with E-state index in [4.69, 9.17) is 4.74 Å². The predicted octanol–water partition coefficient (Wildman–Crippen LogP) is 3.94. The van der Waals surface area contributed by atoms with E-state index in [2.05, 4.69) is 9.71 Å². The monoisotopic (exact) mass is 457 g/mol. The fraction of sp³-hybridized carbons (Fsp3) is 0.273. The number of carbonyl (C=O) groups is 1. The number of hydrogen-bond donors (Lipinski definition) is 1. The first kappa shape index (κ1) is 21.3. The van der Waals surface area contributed by atoms with Crippen LogP contribution in [0.1, 0.15) is 28.9 Å². The molecule has 1 aromatic heterocycles. The van der Waals surface area contributed by atoms with Crippen molar-refractivity contribution in [2.75, 3.05) is 17.8 Å². The first-order chi connectivity index (χ1) is 14.9. The normalized spacial score (nSPS) is 16.7. The number of anilines is 1. The highest BCUT2D eigenvalue weighted by Crippen LogP contribution is 2.23. The van der Waals surface area contributed by atoms with Crippen LogP contribution in [-0.2, 0) is 10.0 Å². The number of ether oxygens (including phenoxy) is 1. The van der Waals surface area contributed by atoms with Crippen molar-refractivity contribution in [2.45, 2.75) is 30.8 Å². The first-order valence-corrected chi connectivity index (χ1v) is 12.3. The number of piperidine rings is 1. The molecule has 2 heterocycles. The van der Waals surface area contributed by atoms with E-state index in [1.165, 1.54) is 12.1 Å².